The smallest absolute Gasteiger partial charge is 0.115 e. The molecule has 2 rings (SSSR count). The molecular weight excluding hydrogens is 236 g/mol. The van der Waals surface area contributed by atoms with Crippen LogP contribution in [-0.2, 0) is 7.05 Å². The van der Waals surface area contributed by atoms with Gasteiger partial charge >= 0.3 is 0 Å². The van der Waals surface area contributed by atoms with Gasteiger partial charge in [0.05, 0.1) is 17.8 Å². The molecule has 0 radical (unpaired) electrons. The van der Waals surface area contributed by atoms with Gasteiger partial charge in [-0.25, -0.2) is 4.99 Å². The SMILES string of the molecule is Cn1cc(-c2cccc(N=C(N)CCl)c2)cn1. The second-order valence-corrected chi connectivity index (χ2v) is 3.96. The lowest BCUT2D eigenvalue weighted by molar-refractivity contribution is 0.768. The molecule has 17 heavy (non-hydrogen) atoms. The van der Waals surface area contributed by atoms with Crippen LogP contribution >= 0.6 is 11.6 Å². The highest BCUT2D eigenvalue weighted by molar-refractivity contribution is 6.28. The number of alkyl halides is 1. The number of rotatable bonds is 3. The van der Waals surface area contributed by atoms with E-state index in [0.29, 0.717) is 5.84 Å². The summed E-state index contributed by atoms with van der Waals surface area (Å²) in [7, 11) is 1.89. The van der Waals surface area contributed by atoms with Gasteiger partial charge in [0.15, 0.2) is 0 Å². The van der Waals surface area contributed by atoms with Crippen LogP contribution in [0.3, 0.4) is 0 Å². The zero-order valence-corrected chi connectivity index (χ0v) is 10.2. The average Bonchev–Trinajstić information content (AvgIpc) is 2.76. The molecule has 0 spiro atoms. The van der Waals surface area contributed by atoms with Gasteiger partial charge in [0.2, 0.25) is 0 Å². The normalized spacial score (nSPS) is 11.8. The molecule has 0 fully saturated rings. The Morgan fingerprint density at radius 2 is 2.29 bits per heavy atom. The molecule has 88 valence electrons. The third-order valence-corrected chi connectivity index (χ3v) is 2.57. The Morgan fingerprint density at radius 3 is 2.94 bits per heavy atom. The van der Waals surface area contributed by atoms with Crippen LogP contribution < -0.4 is 5.73 Å². The number of hydrogen-bond donors (Lipinski definition) is 1. The fraction of sp³-hybridized carbons (Fsp3) is 0.167. The van der Waals surface area contributed by atoms with Crippen molar-refractivity contribution in [3.63, 3.8) is 0 Å². The number of nitrogens with two attached hydrogens (primary N) is 1. The minimum absolute atomic E-state index is 0.233. The molecule has 0 bridgehead atoms. The first-order chi connectivity index (χ1) is 8.19. The largest absolute Gasteiger partial charge is 0.386 e. The van der Waals surface area contributed by atoms with Crippen molar-refractivity contribution in [2.75, 3.05) is 5.88 Å². The second-order valence-electron chi connectivity index (χ2n) is 3.69. The van der Waals surface area contributed by atoms with Gasteiger partial charge < -0.3 is 5.73 Å². The van der Waals surface area contributed by atoms with Gasteiger partial charge in [-0.1, -0.05) is 12.1 Å². The van der Waals surface area contributed by atoms with E-state index >= 15 is 0 Å². The van der Waals surface area contributed by atoms with Crippen molar-refractivity contribution in [3.8, 4) is 11.1 Å². The van der Waals surface area contributed by atoms with Crippen LogP contribution in [0.5, 0.6) is 0 Å². The topological polar surface area (TPSA) is 56.2 Å². The van der Waals surface area contributed by atoms with Gasteiger partial charge in [0.1, 0.15) is 5.84 Å². The van der Waals surface area contributed by atoms with Crippen LogP contribution in [0.1, 0.15) is 0 Å². The summed E-state index contributed by atoms with van der Waals surface area (Å²) in [5, 5.41) is 4.13. The van der Waals surface area contributed by atoms with E-state index in [9.17, 15) is 0 Å². The van der Waals surface area contributed by atoms with Crippen LogP contribution in [-0.4, -0.2) is 21.5 Å². The highest BCUT2D eigenvalue weighted by Crippen LogP contribution is 2.23. The monoisotopic (exact) mass is 248 g/mol. The third kappa shape index (κ3) is 2.85. The van der Waals surface area contributed by atoms with Crippen LogP contribution in [0.4, 0.5) is 5.69 Å². The standard InChI is InChI=1S/C12H13ClN4/c1-17-8-10(7-15-17)9-3-2-4-11(5-9)16-12(14)6-13/h2-5,7-8H,6H2,1H3,(H2,14,16). The Morgan fingerprint density at radius 1 is 1.47 bits per heavy atom. The lowest BCUT2D eigenvalue weighted by Gasteiger charge is -2.00. The molecule has 1 aromatic heterocycles. The highest BCUT2D eigenvalue weighted by atomic mass is 35.5. The maximum atomic E-state index is 5.60. The Hall–Kier alpha value is -1.81. The summed E-state index contributed by atoms with van der Waals surface area (Å²) in [6.07, 6.45) is 3.77. The Kier molecular flexibility index (Phi) is 3.44. The second kappa shape index (κ2) is 5.01. The first kappa shape index (κ1) is 11.7. The number of aliphatic imine (C=N–C) groups is 1. The highest BCUT2D eigenvalue weighted by Gasteiger charge is 2.01. The van der Waals surface area contributed by atoms with E-state index in [4.69, 9.17) is 17.3 Å². The van der Waals surface area contributed by atoms with Gasteiger partial charge in [-0.3, -0.25) is 4.68 Å². The lowest BCUT2D eigenvalue weighted by atomic mass is 10.1. The zero-order chi connectivity index (χ0) is 12.3. The molecule has 0 aliphatic heterocycles. The molecular formula is C12H13ClN4. The van der Waals surface area contributed by atoms with E-state index in [2.05, 4.69) is 10.1 Å². The number of nitrogens with zero attached hydrogens (tertiary/aromatic N) is 3. The van der Waals surface area contributed by atoms with Crippen molar-refractivity contribution in [2.24, 2.45) is 17.8 Å². The summed E-state index contributed by atoms with van der Waals surface area (Å²) < 4.78 is 1.76. The molecule has 0 saturated carbocycles. The van der Waals surface area contributed by atoms with Crippen molar-refractivity contribution in [3.05, 3.63) is 36.7 Å². The number of aryl methyl sites for hydroxylation is 1. The summed E-state index contributed by atoms with van der Waals surface area (Å²) in [4.78, 5) is 4.21. The maximum absolute atomic E-state index is 5.60. The molecule has 1 heterocycles. The van der Waals surface area contributed by atoms with E-state index in [1.54, 1.807) is 4.68 Å². The maximum Gasteiger partial charge on any atom is 0.115 e. The van der Waals surface area contributed by atoms with E-state index in [0.717, 1.165) is 16.8 Å². The number of amidine groups is 1. The number of benzene rings is 1. The molecule has 0 amide bonds. The molecule has 2 aromatic rings. The average molecular weight is 249 g/mol. The van der Waals surface area contributed by atoms with Gasteiger partial charge in [-0.15, -0.1) is 11.6 Å². The number of halogens is 1. The van der Waals surface area contributed by atoms with Crippen LogP contribution in [0.15, 0.2) is 41.7 Å². The summed E-state index contributed by atoms with van der Waals surface area (Å²) in [6.45, 7) is 0. The summed E-state index contributed by atoms with van der Waals surface area (Å²) >= 11 is 5.59. The van der Waals surface area contributed by atoms with E-state index in [-0.39, 0.29) is 5.88 Å². The van der Waals surface area contributed by atoms with Crippen molar-refractivity contribution in [2.45, 2.75) is 0 Å². The Labute approximate surface area is 105 Å². The molecule has 0 saturated heterocycles. The zero-order valence-electron chi connectivity index (χ0n) is 9.47. The van der Waals surface area contributed by atoms with Crippen LogP contribution in [0, 0.1) is 0 Å². The number of hydrogen-bond acceptors (Lipinski definition) is 2. The fourth-order valence-electron chi connectivity index (χ4n) is 1.52. The predicted molar refractivity (Wildman–Crippen MR) is 70.6 cm³/mol. The van der Waals surface area contributed by atoms with Gasteiger partial charge in [-0.05, 0) is 17.7 Å². The molecule has 2 N–H and O–H groups in total. The Bertz CT molecular complexity index is 545. The molecule has 0 unspecified atom stereocenters. The first-order valence-electron chi connectivity index (χ1n) is 5.17. The van der Waals surface area contributed by atoms with Crippen molar-refractivity contribution >= 4 is 23.1 Å². The molecule has 5 heteroatoms. The van der Waals surface area contributed by atoms with Crippen LogP contribution in [0.2, 0.25) is 0 Å². The van der Waals surface area contributed by atoms with Gasteiger partial charge in [-0.2, -0.15) is 5.10 Å². The molecule has 0 aliphatic carbocycles. The van der Waals surface area contributed by atoms with Crippen molar-refractivity contribution in [1.82, 2.24) is 9.78 Å². The van der Waals surface area contributed by atoms with E-state index in [1.165, 1.54) is 0 Å². The van der Waals surface area contributed by atoms with Crippen LogP contribution in [0.25, 0.3) is 11.1 Å². The van der Waals surface area contributed by atoms with Gasteiger partial charge in [0.25, 0.3) is 0 Å². The fourth-order valence-corrected chi connectivity index (χ4v) is 1.58. The Balaban J connectivity index is 2.35. The molecule has 1 aromatic carbocycles. The van der Waals surface area contributed by atoms with Gasteiger partial charge in [0, 0.05) is 18.8 Å². The van der Waals surface area contributed by atoms with Crippen molar-refractivity contribution in [1.29, 1.82) is 0 Å². The minimum Gasteiger partial charge on any atom is -0.386 e. The van der Waals surface area contributed by atoms with Crippen molar-refractivity contribution < 1.29 is 0 Å². The number of aromatic nitrogens is 2. The molecule has 0 atom stereocenters. The predicted octanol–water partition coefficient (Wildman–Crippen LogP) is 2.31. The summed E-state index contributed by atoms with van der Waals surface area (Å²) in [5.74, 6) is 0.645. The van der Waals surface area contributed by atoms with E-state index in [1.807, 2.05) is 43.7 Å². The molecule has 0 aliphatic rings. The lowest BCUT2D eigenvalue weighted by Crippen LogP contribution is -2.12. The summed E-state index contributed by atoms with van der Waals surface area (Å²) in [5.41, 5.74) is 8.50. The minimum atomic E-state index is 0.233. The van der Waals surface area contributed by atoms with E-state index < -0.39 is 0 Å². The third-order valence-electron chi connectivity index (χ3n) is 2.29. The first-order valence-corrected chi connectivity index (χ1v) is 5.70. The quantitative estimate of drug-likeness (QED) is 0.515. The summed E-state index contributed by atoms with van der Waals surface area (Å²) in [6, 6.07) is 7.78. The molecule has 4 nitrogen and oxygen atoms in total.